The van der Waals surface area contributed by atoms with Gasteiger partial charge in [0.25, 0.3) is 5.91 Å². The van der Waals surface area contributed by atoms with Gasteiger partial charge in [0.2, 0.25) is 0 Å². The van der Waals surface area contributed by atoms with Crippen molar-refractivity contribution in [3.8, 4) is 0 Å². The fourth-order valence-electron chi connectivity index (χ4n) is 2.23. The first-order valence-corrected chi connectivity index (χ1v) is 8.12. The molecule has 0 saturated carbocycles. The highest BCUT2D eigenvalue weighted by atomic mass is 16.5. The number of nitrogens with one attached hydrogen (secondary N) is 1. The molecular weight excluding hydrogens is 302 g/mol. The number of benzene rings is 2. The van der Waals surface area contributed by atoms with Crippen LogP contribution in [0, 0.1) is 6.92 Å². The summed E-state index contributed by atoms with van der Waals surface area (Å²) in [5, 5.41) is 2.75. The smallest absolute Gasteiger partial charge is 0.311 e. The van der Waals surface area contributed by atoms with Gasteiger partial charge in [0.1, 0.15) is 0 Å². The van der Waals surface area contributed by atoms with Gasteiger partial charge in [-0.1, -0.05) is 48.9 Å². The molecule has 0 aliphatic carbocycles. The number of ether oxygens (including phenoxy) is 1. The van der Waals surface area contributed by atoms with E-state index in [9.17, 15) is 9.59 Å². The minimum atomic E-state index is -0.839. The van der Waals surface area contributed by atoms with Crippen LogP contribution in [0.25, 0.3) is 0 Å². The number of esters is 1. The third-order valence-electron chi connectivity index (χ3n) is 3.78. The van der Waals surface area contributed by atoms with Crippen LogP contribution in [-0.2, 0) is 27.2 Å². The Kier molecular flexibility index (Phi) is 6.13. The Morgan fingerprint density at radius 1 is 1.00 bits per heavy atom. The van der Waals surface area contributed by atoms with Gasteiger partial charge >= 0.3 is 5.97 Å². The largest absolute Gasteiger partial charge is 0.452 e. The minimum Gasteiger partial charge on any atom is -0.452 e. The van der Waals surface area contributed by atoms with E-state index in [4.69, 9.17) is 4.74 Å². The zero-order valence-electron chi connectivity index (χ0n) is 14.3. The first-order valence-electron chi connectivity index (χ1n) is 8.12. The Bertz CT molecular complexity index is 690. The van der Waals surface area contributed by atoms with Crippen LogP contribution >= 0.6 is 0 Å². The summed E-state index contributed by atoms with van der Waals surface area (Å²) < 4.78 is 5.21. The average molecular weight is 325 g/mol. The molecule has 0 radical (unpaired) electrons. The lowest BCUT2D eigenvalue weighted by Crippen LogP contribution is -2.30. The predicted molar refractivity (Wildman–Crippen MR) is 94.9 cm³/mol. The van der Waals surface area contributed by atoms with Crippen molar-refractivity contribution in [1.82, 2.24) is 0 Å². The standard InChI is InChI=1S/C20H23NO3/c1-4-16-9-11-18(12-10-16)21-20(23)15(3)24-19(22)13-17-7-5-14(2)6-8-17/h5-12,15H,4,13H2,1-3H3,(H,21,23)/t15-/m0/s1. The second-order valence-corrected chi connectivity index (χ2v) is 5.83. The Balaban J connectivity index is 1.85. The van der Waals surface area contributed by atoms with Crippen molar-refractivity contribution in [1.29, 1.82) is 0 Å². The number of anilines is 1. The number of rotatable bonds is 6. The highest BCUT2D eigenvalue weighted by molar-refractivity contribution is 5.95. The van der Waals surface area contributed by atoms with Crippen LogP contribution in [0.5, 0.6) is 0 Å². The Labute approximate surface area is 142 Å². The highest BCUT2D eigenvalue weighted by Gasteiger charge is 2.18. The molecule has 0 aliphatic heterocycles. The van der Waals surface area contributed by atoms with Gasteiger partial charge in [0, 0.05) is 5.69 Å². The number of carbonyl (C=O) groups is 2. The topological polar surface area (TPSA) is 55.4 Å². The van der Waals surface area contributed by atoms with E-state index in [1.165, 1.54) is 5.56 Å². The lowest BCUT2D eigenvalue weighted by Gasteiger charge is -2.14. The lowest BCUT2D eigenvalue weighted by atomic mass is 10.1. The predicted octanol–water partition coefficient (Wildman–Crippen LogP) is 3.67. The fraction of sp³-hybridized carbons (Fsp3) is 0.300. The first-order chi connectivity index (χ1) is 11.5. The molecule has 0 aromatic heterocycles. The van der Waals surface area contributed by atoms with Gasteiger partial charge in [-0.2, -0.15) is 0 Å². The summed E-state index contributed by atoms with van der Waals surface area (Å²) in [7, 11) is 0. The van der Waals surface area contributed by atoms with Crippen molar-refractivity contribution in [2.24, 2.45) is 0 Å². The first kappa shape index (κ1) is 17.7. The maximum absolute atomic E-state index is 12.1. The summed E-state index contributed by atoms with van der Waals surface area (Å²) in [5.74, 6) is -0.751. The highest BCUT2D eigenvalue weighted by Crippen LogP contribution is 2.11. The molecule has 0 bridgehead atoms. The molecular formula is C20H23NO3. The summed E-state index contributed by atoms with van der Waals surface area (Å²) in [6.07, 6.45) is 0.262. The minimum absolute atomic E-state index is 0.156. The van der Waals surface area contributed by atoms with Crippen molar-refractivity contribution >= 4 is 17.6 Å². The van der Waals surface area contributed by atoms with Crippen LogP contribution in [0.3, 0.4) is 0 Å². The van der Waals surface area contributed by atoms with Crippen molar-refractivity contribution < 1.29 is 14.3 Å². The number of hydrogen-bond donors (Lipinski definition) is 1. The van der Waals surface area contributed by atoms with Crippen LogP contribution in [0.4, 0.5) is 5.69 Å². The van der Waals surface area contributed by atoms with Gasteiger partial charge in [-0.3, -0.25) is 9.59 Å². The Hall–Kier alpha value is -2.62. The number of carbonyl (C=O) groups excluding carboxylic acids is 2. The lowest BCUT2D eigenvalue weighted by molar-refractivity contribution is -0.152. The number of amides is 1. The van der Waals surface area contributed by atoms with Crippen molar-refractivity contribution in [2.45, 2.75) is 39.7 Å². The molecule has 0 heterocycles. The van der Waals surface area contributed by atoms with Gasteiger partial charge in [0.05, 0.1) is 6.42 Å². The van der Waals surface area contributed by atoms with Crippen LogP contribution in [0.15, 0.2) is 48.5 Å². The number of hydrogen-bond acceptors (Lipinski definition) is 3. The van der Waals surface area contributed by atoms with E-state index in [1.807, 2.05) is 55.5 Å². The fourth-order valence-corrected chi connectivity index (χ4v) is 2.23. The molecule has 2 aromatic rings. The van der Waals surface area contributed by atoms with Crippen LogP contribution in [0.2, 0.25) is 0 Å². The molecule has 1 atom stereocenters. The number of aryl methyl sites for hydroxylation is 2. The van der Waals surface area contributed by atoms with Gasteiger partial charge in [-0.15, -0.1) is 0 Å². The van der Waals surface area contributed by atoms with Crippen LogP contribution < -0.4 is 5.32 Å². The molecule has 0 saturated heterocycles. The van der Waals surface area contributed by atoms with E-state index < -0.39 is 12.1 Å². The van der Waals surface area contributed by atoms with E-state index in [-0.39, 0.29) is 12.3 Å². The molecule has 0 unspecified atom stereocenters. The molecule has 0 spiro atoms. The Morgan fingerprint density at radius 2 is 1.58 bits per heavy atom. The third kappa shape index (κ3) is 5.23. The summed E-state index contributed by atoms with van der Waals surface area (Å²) >= 11 is 0. The molecule has 0 fully saturated rings. The van der Waals surface area contributed by atoms with Crippen molar-refractivity contribution in [3.63, 3.8) is 0 Å². The van der Waals surface area contributed by atoms with E-state index in [1.54, 1.807) is 6.92 Å². The maximum Gasteiger partial charge on any atom is 0.311 e. The molecule has 24 heavy (non-hydrogen) atoms. The monoisotopic (exact) mass is 325 g/mol. The zero-order valence-corrected chi connectivity index (χ0v) is 14.3. The Morgan fingerprint density at radius 3 is 2.17 bits per heavy atom. The SMILES string of the molecule is CCc1ccc(NC(=O)[C@H](C)OC(=O)Cc2ccc(C)cc2)cc1. The molecule has 4 nitrogen and oxygen atoms in total. The molecule has 1 amide bonds. The second kappa shape index (κ2) is 8.29. The van der Waals surface area contributed by atoms with E-state index in [2.05, 4.69) is 12.2 Å². The van der Waals surface area contributed by atoms with E-state index in [0.717, 1.165) is 17.5 Å². The second-order valence-electron chi connectivity index (χ2n) is 5.83. The van der Waals surface area contributed by atoms with Gasteiger partial charge in [0.15, 0.2) is 6.10 Å². The molecule has 1 N–H and O–H groups in total. The molecule has 2 rings (SSSR count). The molecule has 2 aromatic carbocycles. The van der Waals surface area contributed by atoms with Gasteiger partial charge in [-0.25, -0.2) is 0 Å². The normalized spacial score (nSPS) is 11.6. The van der Waals surface area contributed by atoms with E-state index in [0.29, 0.717) is 5.69 Å². The van der Waals surface area contributed by atoms with Crippen molar-refractivity contribution in [2.75, 3.05) is 5.32 Å². The van der Waals surface area contributed by atoms with Gasteiger partial charge < -0.3 is 10.1 Å². The third-order valence-corrected chi connectivity index (χ3v) is 3.78. The summed E-state index contributed by atoms with van der Waals surface area (Å²) in [6, 6.07) is 15.3. The zero-order chi connectivity index (χ0) is 17.5. The molecule has 0 aliphatic rings. The molecule has 126 valence electrons. The summed E-state index contributed by atoms with van der Waals surface area (Å²) in [6.45, 7) is 5.63. The summed E-state index contributed by atoms with van der Waals surface area (Å²) in [4.78, 5) is 24.1. The van der Waals surface area contributed by atoms with Crippen LogP contribution in [0.1, 0.15) is 30.5 Å². The van der Waals surface area contributed by atoms with Gasteiger partial charge in [-0.05, 0) is 43.5 Å². The summed E-state index contributed by atoms with van der Waals surface area (Å²) in [5.41, 5.74) is 3.89. The van der Waals surface area contributed by atoms with Crippen molar-refractivity contribution in [3.05, 3.63) is 65.2 Å². The van der Waals surface area contributed by atoms with Crippen LogP contribution in [-0.4, -0.2) is 18.0 Å². The maximum atomic E-state index is 12.1. The molecule has 4 heteroatoms. The van der Waals surface area contributed by atoms with E-state index >= 15 is 0 Å². The quantitative estimate of drug-likeness (QED) is 0.825. The average Bonchev–Trinajstić information content (AvgIpc) is 2.57.